The fraction of sp³-hybridized carbons (Fsp3) is 0.455. The predicted octanol–water partition coefficient (Wildman–Crippen LogP) is 1.19. The van der Waals surface area contributed by atoms with Crippen LogP contribution in [-0.4, -0.2) is 32.5 Å². The number of halogens is 2. The molecule has 1 fully saturated rings. The minimum Gasteiger partial charge on any atom is -0.317 e. The third-order valence-electron chi connectivity index (χ3n) is 3.08. The lowest BCUT2D eigenvalue weighted by atomic mass is 10.1. The normalized spacial score (nSPS) is 16.2. The highest BCUT2D eigenvalue weighted by atomic mass is 35.5. The number of para-hydroxylation sites is 1. The summed E-state index contributed by atoms with van der Waals surface area (Å²) >= 11 is 0. The second kappa shape index (κ2) is 7.12. The molecule has 0 aliphatic carbocycles. The number of nitro groups is 1. The van der Waals surface area contributed by atoms with E-state index < -0.39 is 31.3 Å². The van der Waals surface area contributed by atoms with Crippen LogP contribution in [0.5, 0.6) is 0 Å². The van der Waals surface area contributed by atoms with Crippen LogP contribution in [0.15, 0.2) is 23.1 Å². The minimum atomic E-state index is -4.12. The Morgan fingerprint density at radius 3 is 2.52 bits per heavy atom. The van der Waals surface area contributed by atoms with Gasteiger partial charge >= 0.3 is 5.69 Å². The van der Waals surface area contributed by atoms with Crippen LogP contribution in [0.25, 0.3) is 0 Å². The third-order valence-corrected chi connectivity index (χ3v) is 4.63. The topological polar surface area (TPSA) is 101 Å². The van der Waals surface area contributed by atoms with Crippen molar-refractivity contribution in [1.29, 1.82) is 0 Å². The summed E-state index contributed by atoms with van der Waals surface area (Å²) < 4.78 is 40.2. The summed E-state index contributed by atoms with van der Waals surface area (Å²) in [5.74, 6) is -1.16. The van der Waals surface area contributed by atoms with Gasteiger partial charge in [-0.15, -0.1) is 12.4 Å². The first-order chi connectivity index (χ1) is 9.42. The van der Waals surface area contributed by atoms with Crippen molar-refractivity contribution in [2.75, 3.05) is 13.1 Å². The second-order valence-corrected chi connectivity index (χ2v) is 6.17. The van der Waals surface area contributed by atoms with Crippen molar-refractivity contribution >= 4 is 28.1 Å². The van der Waals surface area contributed by atoms with Crippen LogP contribution in [0.1, 0.15) is 12.8 Å². The highest BCUT2D eigenvalue weighted by Gasteiger charge is 2.31. The van der Waals surface area contributed by atoms with Crippen molar-refractivity contribution in [3.63, 3.8) is 0 Å². The molecular weight excluding hydrogens is 325 g/mol. The SMILES string of the molecule is Cl.O=[N+]([O-])c1c(F)cccc1S(=O)(=O)NC1CCNCC1. The van der Waals surface area contributed by atoms with Crippen molar-refractivity contribution in [3.05, 3.63) is 34.1 Å². The molecule has 0 unspecified atom stereocenters. The molecular formula is C11H15ClFN3O4S. The van der Waals surface area contributed by atoms with Gasteiger partial charge in [0, 0.05) is 6.04 Å². The highest BCUT2D eigenvalue weighted by molar-refractivity contribution is 7.89. The summed E-state index contributed by atoms with van der Waals surface area (Å²) in [5, 5.41) is 13.9. The second-order valence-electron chi connectivity index (χ2n) is 4.49. The molecule has 0 atom stereocenters. The van der Waals surface area contributed by atoms with Gasteiger partial charge in [-0.25, -0.2) is 13.1 Å². The summed E-state index contributed by atoms with van der Waals surface area (Å²) in [5.41, 5.74) is -1.02. The molecule has 0 saturated carbocycles. The molecule has 1 heterocycles. The van der Waals surface area contributed by atoms with Crippen LogP contribution in [0.2, 0.25) is 0 Å². The lowest BCUT2D eigenvalue weighted by Gasteiger charge is -2.23. The summed E-state index contributed by atoms with van der Waals surface area (Å²) in [6.07, 6.45) is 1.17. The average molecular weight is 340 g/mol. The molecule has 0 aromatic heterocycles. The van der Waals surface area contributed by atoms with Crippen molar-refractivity contribution < 1.29 is 17.7 Å². The quantitative estimate of drug-likeness (QED) is 0.633. The van der Waals surface area contributed by atoms with E-state index in [1.165, 1.54) is 0 Å². The number of piperidine rings is 1. The van der Waals surface area contributed by atoms with Crippen molar-refractivity contribution in [1.82, 2.24) is 10.0 Å². The number of hydrogen-bond acceptors (Lipinski definition) is 5. The predicted molar refractivity (Wildman–Crippen MR) is 76.5 cm³/mol. The number of nitro benzene ring substituents is 1. The number of nitrogens with zero attached hydrogens (tertiary/aromatic N) is 1. The summed E-state index contributed by atoms with van der Waals surface area (Å²) in [7, 11) is -4.12. The van der Waals surface area contributed by atoms with Crippen LogP contribution >= 0.6 is 12.4 Å². The average Bonchev–Trinajstić information content (AvgIpc) is 2.38. The van der Waals surface area contributed by atoms with Gasteiger partial charge in [-0.3, -0.25) is 10.1 Å². The van der Waals surface area contributed by atoms with E-state index in [1.54, 1.807) is 0 Å². The molecule has 0 spiro atoms. The van der Waals surface area contributed by atoms with Crippen LogP contribution in [-0.2, 0) is 10.0 Å². The Kier molecular flexibility index (Phi) is 6.02. The van der Waals surface area contributed by atoms with E-state index in [1.807, 2.05) is 0 Å². The van der Waals surface area contributed by atoms with E-state index in [-0.39, 0.29) is 18.4 Å². The smallest absolute Gasteiger partial charge is 0.317 e. The lowest BCUT2D eigenvalue weighted by Crippen LogP contribution is -2.42. The molecule has 10 heteroatoms. The molecule has 2 rings (SSSR count). The van der Waals surface area contributed by atoms with E-state index in [9.17, 15) is 22.9 Å². The summed E-state index contributed by atoms with van der Waals surface area (Å²) in [6, 6.07) is 2.73. The first kappa shape index (κ1) is 17.8. The Balaban J connectivity index is 0.00000220. The maximum absolute atomic E-state index is 13.5. The van der Waals surface area contributed by atoms with Gasteiger partial charge in [-0.2, -0.15) is 4.39 Å². The van der Waals surface area contributed by atoms with Gasteiger partial charge in [0.25, 0.3) is 0 Å². The van der Waals surface area contributed by atoms with Gasteiger partial charge in [0.2, 0.25) is 15.8 Å². The molecule has 118 valence electrons. The Hall–Kier alpha value is -1.29. The first-order valence-corrected chi connectivity index (χ1v) is 7.56. The fourth-order valence-corrected chi connectivity index (χ4v) is 3.60. The molecule has 1 aliphatic heterocycles. The van der Waals surface area contributed by atoms with Crippen molar-refractivity contribution in [2.45, 2.75) is 23.8 Å². The molecule has 7 nitrogen and oxygen atoms in total. The number of benzene rings is 1. The summed E-state index contributed by atoms with van der Waals surface area (Å²) in [6.45, 7) is 1.33. The maximum atomic E-state index is 13.5. The molecule has 1 aliphatic rings. The van der Waals surface area contributed by atoms with Crippen LogP contribution in [0, 0.1) is 15.9 Å². The number of rotatable bonds is 4. The van der Waals surface area contributed by atoms with Crippen molar-refractivity contribution in [3.8, 4) is 0 Å². The Bertz CT molecular complexity index is 620. The molecule has 21 heavy (non-hydrogen) atoms. The molecule has 1 aromatic rings. The largest absolute Gasteiger partial charge is 0.324 e. The van der Waals surface area contributed by atoms with Gasteiger partial charge in [-0.05, 0) is 38.1 Å². The number of hydrogen-bond donors (Lipinski definition) is 2. The molecule has 0 radical (unpaired) electrons. The third kappa shape index (κ3) is 4.10. The molecule has 1 aromatic carbocycles. The van der Waals surface area contributed by atoms with Gasteiger partial charge in [0.05, 0.1) is 4.92 Å². The van der Waals surface area contributed by atoms with Gasteiger partial charge in [0.1, 0.15) is 0 Å². The Labute approximate surface area is 127 Å². The zero-order valence-electron chi connectivity index (χ0n) is 10.9. The van der Waals surface area contributed by atoms with Crippen LogP contribution < -0.4 is 10.0 Å². The van der Waals surface area contributed by atoms with Gasteiger partial charge in [-0.1, -0.05) is 6.07 Å². The Morgan fingerprint density at radius 2 is 1.95 bits per heavy atom. The molecule has 0 amide bonds. The van der Waals surface area contributed by atoms with Gasteiger partial charge in [0.15, 0.2) is 4.90 Å². The van der Waals surface area contributed by atoms with E-state index in [0.717, 1.165) is 18.2 Å². The Morgan fingerprint density at radius 1 is 1.33 bits per heavy atom. The van der Waals surface area contributed by atoms with Crippen molar-refractivity contribution in [2.24, 2.45) is 0 Å². The van der Waals surface area contributed by atoms with Gasteiger partial charge < -0.3 is 5.32 Å². The van der Waals surface area contributed by atoms with E-state index in [2.05, 4.69) is 10.0 Å². The van der Waals surface area contributed by atoms with Crippen LogP contribution in [0.4, 0.5) is 10.1 Å². The first-order valence-electron chi connectivity index (χ1n) is 6.08. The number of sulfonamides is 1. The zero-order chi connectivity index (χ0) is 14.8. The minimum absolute atomic E-state index is 0. The molecule has 2 N–H and O–H groups in total. The maximum Gasteiger partial charge on any atom is 0.324 e. The van der Waals surface area contributed by atoms with Crippen LogP contribution in [0.3, 0.4) is 0 Å². The molecule has 0 bridgehead atoms. The standard InChI is InChI=1S/C11H14FN3O4S.ClH/c12-9-2-1-3-10(11(9)15(16)17)20(18,19)14-8-4-6-13-7-5-8;/h1-3,8,13-14H,4-7H2;1H. The highest BCUT2D eigenvalue weighted by Crippen LogP contribution is 2.27. The number of nitrogens with one attached hydrogen (secondary N) is 2. The lowest BCUT2D eigenvalue weighted by molar-refractivity contribution is -0.390. The zero-order valence-corrected chi connectivity index (χ0v) is 12.5. The van der Waals surface area contributed by atoms with E-state index >= 15 is 0 Å². The fourth-order valence-electron chi connectivity index (χ4n) is 2.11. The van der Waals surface area contributed by atoms with E-state index in [4.69, 9.17) is 0 Å². The van der Waals surface area contributed by atoms with E-state index in [0.29, 0.717) is 25.9 Å². The summed E-state index contributed by atoms with van der Waals surface area (Å²) in [4.78, 5) is 9.19. The monoisotopic (exact) mass is 339 g/mol. The molecule has 1 saturated heterocycles.